The van der Waals surface area contributed by atoms with Crippen LogP contribution in [0.25, 0.3) is 11.0 Å². The summed E-state index contributed by atoms with van der Waals surface area (Å²) in [5.74, 6) is 0. The summed E-state index contributed by atoms with van der Waals surface area (Å²) in [4.78, 5) is 28.8. The van der Waals surface area contributed by atoms with Crippen molar-refractivity contribution in [1.29, 1.82) is 0 Å². The molecule has 18 heavy (non-hydrogen) atoms. The highest BCUT2D eigenvalue weighted by Gasteiger charge is 2.06. The smallest absolute Gasteiger partial charge is 0.206 e. The third kappa shape index (κ3) is 1.98. The minimum Gasteiger partial charge on any atom is -0.411 e. The van der Waals surface area contributed by atoms with E-state index in [-0.39, 0.29) is 22.4 Å². The molecule has 0 fully saturated rings. The van der Waals surface area contributed by atoms with Crippen molar-refractivity contribution in [3.8, 4) is 0 Å². The molecule has 0 radical (unpaired) electrons. The molecule has 8 nitrogen and oxygen atoms in total. The van der Waals surface area contributed by atoms with E-state index in [4.69, 9.17) is 10.4 Å². The molecule has 2 rings (SSSR count). The quantitative estimate of drug-likeness (QED) is 0.334. The van der Waals surface area contributed by atoms with Gasteiger partial charge in [-0.1, -0.05) is 10.3 Å². The van der Waals surface area contributed by atoms with Crippen molar-refractivity contribution in [3.63, 3.8) is 0 Å². The molecule has 0 saturated carbocycles. The van der Waals surface area contributed by atoms with Crippen LogP contribution in [0.2, 0.25) is 0 Å². The summed E-state index contributed by atoms with van der Waals surface area (Å²) in [5, 5.41) is 22.3. The lowest BCUT2D eigenvalue weighted by Gasteiger charge is -2.00. The normalized spacial score (nSPS) is 11.8. The Bertz CT molecular complexity index is 691. The van der Waals surface area contributed by atoms with E-state index in [9.17, 15) is 9.59 Å². The molecule has 0 saturated heterocycles. The van der Waals surface area contributed by atoms with Crippen molar-refractivity contribution in [2.75, 3.05) is 0 Å². The van der Waals surface area contributed by atoms with Crippen LogP contribution in [0.15, 0.2) is 32.0 Å². The number of hydrogen-bond donors (Lipinski definition) is 4. The van der Waals surface area contributed by atoms with Crippen LogP contribution in [0, 0.1) is 0 Å². The average Bonchev–Trinajstić information content (AvgIpc) is 2.32. The molecule has 0 aliphatic carbocycles. The zero-order chi connectivity index (χ0) is 13.1. The highest BCUT2D eigenvalue weighted by molar-refractivity contribution is 5.85. The first-order chi connectivity index (χ1) is 8.65. The minimum atomic E-state index is -0.455. The first kappa shape index (κ1) is 11.6. The van der Waals surface area contributed by atoms with Crippen LogP contribution in [0.4, 0.5) is 0 Å². The summed E-state index contributed by atoms with van der Waals surface area (Å²) in [6.45, 7) is 0. The molecule has 2 aromatic heterocycles. The number of rotatable bonds is 2. The summed E-state index contributed by atoms with van der Waals surface area (Å²) in [6, 6.07) is 2.33. The van der Waals surface area contributed by atoms with Gasteiger partial charge in [-0.05, 0) is 0 Å². The first-order valence-corrected chi connectivity index (χ1v) is 4.81. The minimum absolute atomic E-state index is 0.0486. The molecule has 0 atom stereocenters. The number of hydrogen-bond acceptors (Lipinski definition) is 6. The molecule has 0 spiro atoms. The Morgan fingerprint density at radius 3 is 1.61 bits per heavy atom. The standard InChI is InChI=1S/C10H8N4O4/c15-7-1-5(3-11-17)13-10-8(16)2-6(4-12-18)14-9(7)10/h1-4,17-18H,(H,13,15)(H,14,16)/b11-3+,12-4+. The third-order valence-electron chi connectivity index (χ3n) is 2.25. The van der Waals surface area contributed by atoms with Crippen molar-refractivity contribution < 1.29 is 10.4 Å². The van der Waals surface area contributed by atoms with Gasteiger partial charge in [-0.25, -0.2) is 0 Å². The maximum atomic E-state index is 11.7. The largest absolute Gasteiger partial charge is 0.411 e. The molecule has 4 N–H and O–H groups in total. The van der Waals surface area contributed by atoms with Crippen molar-refractivity contribution in [1.82, 2.24) is 9.97 Å². The lowest BCUT2D eigenvalue weighted by Crippen LogP contribution is -2.15. The lowest BCUT2D eigenvalue weighted by atomic mass is 10.2. The van der Waals surface area contributed by atoms with E-state index >= 15 is 0 Å². The number of fused-ring (bicyclic) bond motifs is 1. The fourth-order valence-electron chi connectivity index (χ4n) is 1.55. The second-order valence-electron chi connectivity index (χ2n) is 3.42. The first-order valence-electron chi connectivity index (χ1n) is 4.81. The van der Waals surface area contributed by atoms with Gasteiger partial charge in [0.1, 0.15) is 11.0 Å². The second-order valence-corrected chi connectivity index (χ2v) is 3.42. The predicted octanol–water partition coefficient (Wildman–Crippen LogP) is -0.167. The Morgan fingerprint density at radius 2 is 1.28 bits per heavy atom. The van der Waals surface area contributed by atoms with E-state index in [2.05, 4.69) is 20.3 Å². The fraction of sp³-hybridized carbons (Fsp3) is 0. The number of aromatic nitrogens is 2. The molecule has 8 heteroatoms. The van der Waals surface area contributed by atoms with Gasteiger partial charge in [0.25, 0.3) is 0 Å². The van der Waals surface area contributed by atoms with Crippen LogP contribution >= 0.6 is 0 Å². The molecule has 0 aliphatic rings. The second kappa shape index (κ2) is 4.53. The molecule has 2 aromatic rings. The Kier molecular flexibility index (Phi) is 2.92. The number of nitrogens with one attached hydrogen (secondary N) is 2. The van der Waals surface area contributed by atoms with Crippen LogP contribution < -0.4 is 10.9 Å². The Balaban J connectivity index is 2.84. The van der Waals surface area contributed by atoms with Gasteiger partial charge in [-0.15, -0.1) is 0 Å². The van der Waals surface area contributed by atoms with Crippen LogP contribution in [0.5, 0.6) is 0 Å². The maximum absolute atomic E-state index is 11.7. The maximum Gasteiger partial charge on any atom is 0.206 e. The van der Waals surface area contributed by atoms with Crippen molar-refractivity contribution in [2.24, 2.45) is 10.3 Å². The monoisotopic (exact) mass is 248 g/mol. The summed E-state index contributed by atoms with van der Waals surface area (Å²) in [6.07, 6.45) is 2.01. The van der Waals surface area contributed by atoms with Crippen molar-refractivity contribution in [3.05, 3.63) is 44.0 Å². The molecule has 0 bridgehead atoms. The van der Waals surface area contributed by atoms with Gasteiger partial charge >= 0.3 is 0 Å². The summed E-state index contributed by atoms with van der Waals surface area (Å²) >= 11 is 0. The number of aromatic amines is 2. The molecular weight excluding hydrogens is 240 g/mol. The zero-order valence-corrected chi connectivity index (χ0v) is 8.91. The van der Waals surface area contributed by atoms with E-state index in [0.717, 1.165) is 24.6 Å². The van der Waals surface area contributed by atoms with E-state index in [1.54, 1.807) is 0 Å². The zero-order valence-electron chi connectivity index (χ0n) is 8.91. The van der Waals surface area contributed by atoms with Crippen LogP contribution in [-0.2, 0) is 0 Å². The van der Waals surface area contributed by atoms with Gasteiger partial charge in [0.05, 0.1) is 23.8 Å². The van der Waals surface area contributed by atoms with Gasteiger partial charge in [-0.3, -0.25) is 9.59 Å². The third-order valence-corrected chi connectivity index (χ3v) is 2.25. The number of pyridine rings is 2. The van der Waals surface area contributed by atoms with Gasteiger partial charge in [0.15, 0.2) is 0 Å². The molecule has 92 valence electrons. The van der Waals surface area contributed by atoms with Crippen LogP contribution in [0.1, 0.15) is 11.4 Å². The Morgan fingerprint density at radius 1 is 0.889 bits per heavy atom. The van der Waals surface area contributed by atoms with Gasteiger partial charge in [0, 0.05) is 12.1 Å². The molecule has 2 heterocycles. The Hall–Kier alpha value is -2.90. The van der Waals surface area contributed by atoms with E-state index in [1.807, 2.05) is 0 Å². The van der Waals surface area contributed by atoms with E-state index in [1.165, 1.54) is 0 Å². The van der Waals surface area contributed by atoms with E-state index in [0.29, 0.717) is 0 Å². The number of H-pyrrole nitrogens is 2. The SMILES string of the molecule is O=c1cc(/C=N/O)[nH]c2c(=O)cc(/C=N/O)[nH]c12. The van der Waals surface area contributed by atoms with Crippen LogP contribution in [-0.4, -0.2) is 32.8 Å². The molecule has 0 unspecified atom stereocenters. The summed E-state index contributed by atoms with van der Waals surface area (Å²) < 4.78 is 0. The number of oxime groups is 2. The molecule has 0 aliphatic heterocycles. The van der Waals surface area contributed by atoms with Gasteiger partial charge in [0.2, 0.25) is 10.9 Å². The highest BCUT2D eigenvalue weighted by atomic mass is 16.4. The summed E-state index contributed by atoms with van der Waals surface area (Å²) in [7, 11) is 0. The summed E-state index contributed by atoms with van der Waals surface area (Å²) in [5.41, 5.74) is -0.416. The average molecular weight is 248 g/mol. The predicted molar refractivity (Wildman–Crippen MR) is 64.0 cm³/mol. The van der Waals surface area contributed by atoms with E-state index < -0.39 is 10.9 Å². The number of nitrogens with zero attached hydrogens (tertiary/aromatic N) is 2. The Labute approximate surface area is 98.9 Å². The van der Waals surface area contributed by atoms with Gasteiger partial charge in [-0.2, -0.15) is 0 Å². The van der Waals surface area contributed by atoms with Crippen molar-refractivity contribution in [2.45, 2.75) is 0 Å². The molecule has 0 aromatic carbocycles. The van der Waals surface area contributed by atoms with Crippen molar-refractivity contribution >= 4 is 23.5 Å². The lowest BCUT2D eigenvalue weighted by molar-refractivity contribution is 0.321. The fourth-order valence-corrected chi connectivity index (χ4v) is 1.55. The highest BCUT2D eigenvalue weighted by Crippen LogP contribution is 2.00. The molecular formula is C10H8N4O4. The van der Waals surface area contributed by atoms with Crippen LogP contribution in [0.3, 0.4) is 0 Å². The topological polar surface area (TPSA) is 131 Å². The van der Waals surface area contributed by atoms with Gasteiger partial charge < -0.3 is 20.4 Å². The molecule has 0 amide bonds.